The van der Waals surface area contributed by atoms with Crippen molar-refractivity contribution in [2.24, 2.45) is 7.05 Å². The van der Waals surface area contributed by atoms with E-state index < -0.39 is 0 Å². The van der Waals surface area contributed by atoms with Gasteiger partial charge in [0.2, 0.25) is 5.95 Å². The number of anilines is 1. The molecule has 2 heterocycles. The van der Waals surface area contributed by atoms with Crippen molar-refractivity contribution >= 4 is 23.5 Å². The van der Waals surface area contributed by atoms with E-state index in [1.54, 1.807) is 16.8 Å². The van der Waals surface area contributed by atoms with Gasteiger partial charge < -0.3 is 10.5 Å². The minimum absolute atomic E-state index is 0.0731. The lowest BCUT2D eigenvalue weighted by Crippen LogP contribution is -2.09. The van der Waals surface area contributed by atoms with E-state index in [-0.39, 0.29) is 23.7 Å². The van der Waals surface area contributed by atoms with Crippen molar-refractivity contribution in [1.82, 2.24) is 19.7 Å². The summed E-state index contributed by atoms with van der Waals surface area (Å²) in [6, 6.07) is 18.6. The quantitative estimate of drug-likeness (QED) is 0.364. The molecule has 7 nitrogen and oxygen atoms in total. The Morgan fingerprint density at radius 1 is 1.06 bits per heavy atom. The van der Waals surface area contributed by atoms with Crippen molar-refractivity contribution in [2.75, 3.05) is 5.73 Å². The van der Waals surface area contributed by atoms with Gasteiger partial charge in [0.25, 0.3) is 0 Å². The lowest BCUT2D eigenvalue weighted by Gasteiger charge is -2.10. The average molecular weight is 434 g/mol. The molecule has 0 amide bonds. The minimum atomic E-state index is -0.376. The molecule has 0 saturated heterocycles. The van der Waals surface area contributed by atoms with Gasteiger partial charge in [-0.2, -0.15) is 5.10 Å². The topological polar surface area (TPSA) is 95.9 Å². The van der Waals surface area contributed by atoms with Crippen LogP contribution >= 0.6 is 11.6 Å². The number of nitrogen functional groups attached to an aromatic ring is 1. The summed E-state index contributed by atoms with van der Waals surface area (Å²) in [5.41, 5.74) is 10.0. The number of hydrogen-bond donors (Lipinski definition) is 1. The minimum Gasteiger partial charge on any atom is -0.457 e. The largest absolute Gasteiger partial charge is 0.457 e. The molecule has 156 valence electrons. The molecule has 31 heavy (non-hydrogen) atoms. The van der Waals surface area contributed by atoms with Crippen molar-refractivity contribution in [2.45, 2.75) is 13.0 Å². The van der Waals surface area contributed by atoms with Crippen molar-refractivity contribution in [3.05, 3.63) is 94.3 Å². The molecule has 0 radical (unpaired) electrons. The van der Waals surface area contributed by atoms with Gasteiger partial charge in [0.05, 0.1) is 11.3 Å². The average Bonchev–Trinajstić information content (AvgIpc) is 3.12. The van der Waals surface area contributed by atoms with Crippen molar-refractivity contribution in [3.8, 4) is 11.4 Å². The standard InChI is InChI=1S/C23H20ClN5O2/c1-29-13-17(21(28-29)19-12-20(24)27-23(25)26-19)11-16-9-5-6-10-18(16)22(30)31-14-15-7-3-2-4-8-15/h2-10,12-13H,11,14H2,1H3,(H2,25,26,27). The van der Waals surface area contributed by atoms with Crippen LogP contribution in [0.25, 0.3) is 11.4 Å². The van der Waals surface area contributed by atoms with Gasteiger partial charge in [-0.3, -0.25) is 4.68 Å². The van der Waals surface area contributed by atoms with Gasteiger partial charge in [-0.25, -0.2) is 14.8 Å². The summed E-state index contributed by atoms with van der Waals surface area (Å²) in [5.74, 6) is -0.303. The third-order valence-corrected chi connectivity index (χ3v) is 4.88. The molecule has 4 aromatic rings. The Bertz CT molecular complexity index is 1200. The Hall–Kier alpha value is -3.71. The van der Waals surface area contributed by atoms with Crippen LogP contribution in [0, 0.1) is 0 Å². The molecular formula is C23H20ClN5O2. The van der Waals surface area contributed by atoms with Gasteiger partial charge in [-0.1, -0.05) is 60.1 Å². The summed E-state index contributed by atoms with van der Waals surface area (Å²) in [6.45, 7) is 0.213. The third-order valence-electron chi connectivity index (χ3n) is 4.69. The van der Waals surface area contributed by atoms with Crippen LogP contribution in [0.2, 0.25) is 5.15 Å². The first-order valence-electron chi connectivity index (χ1n) is 9.61. The van der Waals surface area contributed by atoms with Crippen LogP contribution in [0.3, 0.4) is 0 Å². The van der Waals surface area contributed by atoms with E-state index in [0.717, 1.165) is 16.7 Å². The Balaban J connectivity index is 1.60. The van der Waals surface area contributed by atoms with Crippen LogP contribution in [0.5, 0.6) is 0 Å². The molecule has 0 aliphatic heterocycles. The molecule has 0 aliphatic carbocycles. The zero-order valence-electron chi connectivity index (χ0n) is 16.8. The van der Waals surface area contributed by atoms with E-state index in [4.69, 9.17) is 22.1 Å². The van der Waals surface area contributed by atoms with Crippen LogP contribution < -0.4 is 5.73 Å². The van der Waals surface area contributed by atoms with E-state index in [2.05, 4.69) is 15.1 Å². The first-order valence-corrected chi connectivity index (χ1v) is 9.99. The molecule has 0 atom stereocenters. The fourth-order valence-corrected chi connectivity index (χ4v) is 3.51. The number of hydrogen-bond acceptors (Lipinski definition) is 6. The number of esters is 1. The van der Waals surface area contributed by atoms with E-state index in [9.17, 15) is 4.79 Å². The molecular weight excluding hydrogens is 414 g/mol. The molecule has 0 aliphatic rings. The maximum atomic E-state index is 12.8. The summed E-state index contributed by atoms with van der Waals surface area (Å²) < 4.78 is 7.22. The predicted octanol–water partition coefficient (Wildman–Crippen LogP) is 4.06. The van der Waals surface area contributed by atoms with Gasteiger partial charge >= 0.3 is 5.97 Å². The highest BCUT2D eigenvalue weighted by Gasteiger charge is 2.18. The van der Waals surface area contributed by atoms with Crippen molar-refractivity contribution in [3.63, 3.8) is 0 Å². The smallest absolute Gasteiger partial charge is 0.338 e. The second kappa shape index (κ2) is 8.97. The maximum Gasteiger partial charge on any atom is 0.338 e. The van der Waals surface area contributed by atoms with Crippen molar-refractivity contribution in [1.29, 1.82) is 0 Å². The van der Waals surface area contributed by atoms with Crippen LogP contribution in [-0.4, -0.2) is 25.7 Å². The van der Waals surface area contributed by atoms with Crippen LogP contribution in [0.4, 0.5) is 5.95 Å². The number of nitrogens with zero attached hydrogens (tertiary/aromatic N) is 4. The van der Waals surface area contributed by atoms with Crippen molar-refractivity contribution < 1.29 is 9.53 Å². The molecule has 0 fully saturated rings. The second-order valence-electron chi connectivity index (χ2n) is 7.01. The van der Waals surface area contributed by atoms with E-state index in [1.807, 2.05) is 61.8 Å². The molecule has 0 spiro atoms. The summed E-state index contributed by atoms with van der Waals surface area (Å²) in [7, 11) is 1.82. The first-order chi connectivity index (χ1) is 15.0. The SMILES string of the molecule is Cn1cc(Cc2ccccc2C(=O)OCc2ccccc2)c(-c2cc(Cl)nc(N)n2)n1. The lowest BCUT2D eigenvalue weighted by molar-refractivity contribution is 0.0471. The van der Waals surface area contributed by atoms with E-state index in [0.29, 0.717) is 23.4 Å². The van der Waals surface area contributed by atoms with Crippen LogP contribution in [-0.2, 0) is 24.8 Å². The molecule has 2 aromatic heterocycles. The summed E-state index contributed by atoms with van der Waals surface area (Å²) in [5, 5.41) is 4.75. The summed E-state index contributed by atoms with van der Waals surface area (Å²) in [4.78, 5) is 20.9. The highest BCUT2D eigenvalue weighted by atomic mass is 35.5. The van der Waals surface area contributed by atoms with E-state index in [1.165, 1.54) is 0 Å². The Kier molecular flexibility index (Phi) is 5.95. The Labute approximate surface area is 184 Å². The second-order valence-corrected chi connectivity index (χ2v) is 7.39. The predicted molar refractivity (Wildman–Crippen MR) is 118 cm³/mol. The molecule has 2 N–H and O–H groups in total. The molecule has 2 aromatic carbocycles. The number of rotatable bonds is 6. The number of carbonyl (C=O) groups excluding carboxylic acids is 1. The number of benzene rings is 2. The number of carbonyl (C=O) groups is 1. The van der Waals surface area contributed by atoms with Crippen LogP contribution in [0.1, 0.15) is 27.0 Å². The monoisotopic (exact) mass is 433 g/mol. The fraction of sp³-hybridized carbons (Fsp3) is 0.130. The Morgan fingerprint density at radius 3 is 2.58 bits per heavy atom. The third kappa shape index (κ3) is 4.90. The summed E-state index contributed by atoms with van der Waals surface area (Å²) >= 11 is 6.04. The fourth-order valence-electron chi connectivity index (χ4n) is 3.32. The molecule has 8 heteroatoms. The lowest BCUT2D eigenvalue weighted by atomic mass is 9.99. The number of aryl methyl sites for hydroxylation is 1. The number of ether oxygens (including phenoxy) is 1. The first kappa shape index (κ1) is 20.6. The molecule has 0 unspecified atom stereocenters. The molecule has 0 saturated carbocycles. The Morgan fingerprint density at radius 2 is 1.81 bits per heavy atom. The molecule has 4 rings (SSSR count). The number of nitrogens with two attached hydrogens (primary N) is 1. The van der Waals surface area contributed by atoms with Gasteiger partial charge in [0.1, 0.15) is 17.5 Å². The summed E-state index contributed by atoms with van der Waals surface area (Å²) in [6.07, 6.45) is 2.34. The normalized spacial score (nSPS) is 10.8. The van der Waals surface area contributed by atoms with Gasteiger partial charge in [-0.15, -0.1) is 0 Å². The van der Waals surface area contributed by atoms with Gasteiger partial charge in [-0.05, 0) is 17.2 Å². The highest BCUT2D eigenvalue weighted by Crippen LogP contribution is 2.26. The maximum absolute atomic E-state index is 12.8. The zero-order valence-corrected chi connectivity index (χ0v) is 17.6. The number of aromatic nitrogens is 4. The van der Waals surface area contributed by atoms with Gasteiger partial charge in [0, 0.05) is 31.3 Å². The van der Waals surface area contributed by atoms with E-state index >= 15 is 0 Å². The highest BCUT2D eigenvalue weighted by molar-refractivity contribution is 6.29. The van der Waals surface area contributed by atoms with Crippen LogP contribution in [0.15, 0.2) is 66.9 Å². The van der Waals surface area contributed by atoms with Gasteiger partial charge in [0.15, 0.2) is 0 Å². The zero-order chi connectivity index (χ0) is 21.8. The number of halogens is 1. The molecule has 0 bridgehead atoms.